The van der Waals surface area contributed by atoms with Crippen LogP contribution in [-0.4, -0.2) is 33.6 Å². The molecule has 0 atom stereocenters. The fraction of sp³-hybridized carbons (Fsp3) is 0.179. The highest BCUT2D eigenvalue weighted by molar-refractivity contribution is 6.31. The van der Waals surface area contributed by atoms with Gasteiger partial charge >= 0.3 is 6.03 Å². The number of hydrogen-bond donors (Lipinski definition) is 1. The lowest BCUT2D eigenvalue weighted by Gasteiger charge is -2.27. The number of pyridine rings is 1. The van der Waals surface area contributed by atoms with Crippen LogP contribution in [0.15, 0.2) is 42.6 Å². The van der Waals surface area contributed by atoms with E-state index in [2.05, 4.69) is 16.4 Å². The van der Waals surface area contributed by atoms with Gasteiger partial charge in [-0.05, 0) is 41.5 Å². The molecular formula is C28H19Cl2F4N5O. The van der Waals surface area contributed by atoms with Crippen LogP contribution in [0.25, 0.3) is 17.0 Å². The minimum atomic E-state index is -1.66. The molecule has 0 aliphatic carbocycles. The predicted molar refractivity (Wildman–Crippen MR) is 143 cm³/mol. The molecule has 40 heavy (non-hydrogen) atoms. The van der Waals surface area contributed by atoms with E-state index in [9.17, 15) is 27.6 Å². The zero-order valence-corrected chi connectivity index (χ0v) is 22.1. The third-order valence-corrected chi connectivity index (χ3v) is 7.22. The number of amides is 1. The molecule has 0 saturated carbocycles. The summed E-state index contributed by atoms with van der Waals surface area (Å²) in [5.41, 5.74) is 2.57. The Morgan fingerprint density at radius 1 is 1.10 bits per heavy atom. The molecule has 204 valence electrons. The summed E-state index contributed by atoms with van der Waals surface area (Å²) in [5, 5.41) is 12.1. The molecule has 1 aliphatic rings. The van der Waals surface area contributed by atoms with Crippen LogP contribution in [0.1, 0.15) is 27.9 Å². The molecule has 3 heterocycles. The zero-order chi connectivity index (χ0) is 28.6. The molecule has 0 fully saturated rings. The van der Waals surface area contributed by atoms with Gasteiger partial charge in [0.25, 0.3) is 0 Å². The molecule has 0 unspecified atom stereocenters. The molecule has 0 saturated heterocycles. The highest BCUT2D eigenvalue weighted by Gasteiger charge is 2.27. The van der Waals surface area contributed by atoms with Gasteiger partial charge in [-0.3, -0.25) is 9.47 Å². The number of carbonyl (C=O) groups excluding carboxylic acids is 1. The first-order valence-electron chi connectivity index (χ1n) is 12.0. The third kappa shape index (κ3) is 5.16. The Hall–Kier alpha value is -3.91. The lowest BCUT2D eigenvalue weighted by molar-refractivity contribution is 0.240. The summed E-state index contributed by atoms with van der Waals surface area (Å²) in [6, 6.07) is 10.2. The summed E-state index contributed by atoms with van der Waals surface area (Å²) in [7, 11) is 0. The second kappa shape index (κ2) is 11.3. The van der Waals surface area contributed by atoms with Crippen LogP contribution >= 0.6 is 23.2 Å². The fourth-order valence-corrected chi connectivity index (χ4v) is 5.13. The van der Waals surface area contributed by atoms with E-state index < -0.39 is 33.9 Å². The van der Waals surface area contributed by atoms with Crippen molar-refractivity contribution in [1.29, 1.82) is 5.26 Å². The molecule has 6 nitrogen and oxygen atoms in total. The van der Waals surface area contributed by atoms with E-state index in [0.717, 1.165) is 28.3 Å². The van der Waals surface area contributed by atoms with Crippen LogP contribution in [0.3, 0.4) is 0 Å². The minimum absolute atomic E-state index is 0.198. The molecule has 1 N–H and O–H groups in total. The van der Waals surface area contributed by atoms with Gasteiger partial charge in [-0.25, -0.2) is 27.3 Å². The Bertz CT molecular complexity index is 1700. The van der Waals surface area contributed by atoms with Crippen molar-refractivity contribution in [2.45, 2.75) is 19.5 Å². The van der Waals surface area contributed by atoms with E-state index in [1.54, 1.807) is 41.1 Å². The summed E-state index contributed by atoms with van der Waals surface area (Å²) < 4.78 is 57.5. The van der Waals surface area contributed by atoms with Crippen molar-refractivity contribution < 1.29 is 22.4 Å². The smallest absolute Gasteiger partial charge is 0.326 e. The maximum absolute atomic E-state index is 14.2. The Labute approximate surface area is 236 Å². The minimum Gasteiger partial charge on any atom is -0.333 e. The topological polar surface area (TPSA) is 74.0 Å². The van der Waals surface area contributed by atoms with Crippen molar-refractivity contribution >= 4 is 46.2 Å². The molecule has 2 aromatic carbocycles. The van der Waals surface area contributed by atoms with Gasteiger partial charge in [-0.2, -0.15) is 5.26 Å². The van der Waals surface area contributed by atoms with Crippen LogP contribution in [-0.2, 0) is 19.5 Å². The van der Waals surface area contributed by atoms with Gasteiger partial charge in [-0.15, -0.1) is 0 Å². The van der Waals surface area contributed by atoms with E-state index in [1.807, 2.05) is 4.90 Å². The molecule has 0 spiro atoms. The van der Waals surface area contributed by atoms with Crippen LogP contribution in [0.2, 0.25) is 10.2 Å². The first kappa shape index (κ1) is 27.6. The molecule has 1 aliphatic heterocycles. The van der Waals surface area contributed by atoms with E-state index in [0.29, 0.717) is 35.7 Å². The van der Waals surface area contributed by atoms with Crippen LogP contribution in [0.5, 0.6) is 0 Å². The van der Waals surface area contributed by atoms with Crippen molar-refractivity contribution in [1.82, 2.24) is 19.8 Å². The van der Waals surface area contributed by atoms with Crippen LogP contribution in [0, 0.1) is 34.6 Å². The lowest BCUT2D eigenvalue weighted by atomic mass is 10.0. The molecule has 0 radical (unpaired) electrons. The molecule has 12 heteroatoms. The van der Waals surface area contributed by atoms with Crippen molar-refractivity contribution in [3.05, 3.63) is 104 Å². The number of fused-ring (bicyclic) bond motifs is 3. The Morgan fingerprint density at radius 2 is 1.85 bits per heavy atom. The molecule has 4 aromatic rings. The van der Waals surface area contributed by atoms with Gasteiger partial charge in [0.15, 0.2) is 23.3 Å². The number of halogens is 6. The quantitative estimate of drug-likeness (QED) is 0.123. The van der Waals surface area contributed by atoms with Crippen LogP contribution < -0.4 is 5.32 Å². The number of benzene rings is 2. The number of aromatic nitrogens is 2. The van der Waals surface area contributed by atoms with E-state index in [4.69, 9.17) is 23.2 Å². The number of carbonyl (C=O) groups is 1. The average Bonchev–Trinajstić information content (AvgIpc) is 3.28. The Morgan fingerprint density at radius 3 is 2.55 bits per heavy atom. The van der Waals surface area contributed by atoms with Crippen molar-refractivity contribution in [2.75, 3.05) is 13.1 Å². The standard InChI is InChI=1S/C28H19Cl2F4N5O/c29-22-11-16(5-7-36-22)13-37-28(40)39-20-4-3-15(12-35)10-18(20)19-14-38(9-6-21(19)39)8-1-2-17-24(31)26(33)23(30)27(34)25(17)32/h1-5,7,10-11H,6,8-9,13-14H2,(H,37,40). The summed E-state index contributed by atoms with van der Waals surface area (Å²) in [6.07, 6.45) is 4.37. The summed E-state index contributed by atoms with van der Waals surface area (Å²) in [6.45, 7) is 1.27. The molecular weight excluding hydrogens is 569 g/mol. The SMILES string of the molecule is N#Cc1ccc2c(c1)c1c(n2C(=O)NCc2ccnc(Cl)c2)CCN(CC=Cc2c(F)c(F)c(Cl)c(F)c2F)C1. The second-order valence-electron chi connectivity index (χ2n) is 9.12. The maximum Gasteiger partial charge on any atom is 0.326 e. The maximum atomic E-state index is 14.2. The van der Waals surface area contributed by atoms with Gasteiger partial charge in [0.1, 0.15) is 10.2 Å². The molecule has 2 aromatic heterocycles. The number of hydrogen-bond acceptors (Lipinski definition) is 4. The monoisotopic (exact) mass is 587 g/mol. The third-order valence-electron chi connectivity index (χ3n) is 6.69. The summed E-state index contributed by atoms with van der Waals surface area (Å²) >= 11 is 11.2. The Kier molecular flexibility index (Phi) is 7.81. The fourth-order valence-electron chi connectivity index (χ4n) is 4.77. The van der Waals surface area contributed by atoms with Gasteiger partial charge < -0.3 is 5.32 Å². The van der Waals surface area contributed by atoms with Crippen molar-refractivity contribution in [3.63, 3.8) is 0 Å². The van der Waals surface area contributed by atoms with E-state index >= 15 is 0 Å². The van der Waals surface area contributed by atoms with Gasteiger partial charge in [0.2, 0.25) is 0 Å². The number of nitrogens with one attached hydrogen (secondary N) is 1. The number of rotatable bonds is 5. The summed E-state index contributed by atoms with van der Waals surface area (Å²) in [4.78, 5) is 19.2. The van der Waals surface area contributed by atoms with E-state index in [-0.39, 0.29) is 19.1 Å². The highest BCUT2D eigenvalue weighted by Crippen LogP contribution is 2.32. The molecule has 5 rings (SSSR count). The lowest BCUT2D eigenvalue weighted by Crippen LogP contribution is -2.34. The molecule has 0 bridgehead atoms. The highest BCUT2D eigenvalue weighted by atomic mass is 35.5. The largest absolute Gasteiger partial charge is 0.333 e. The molecule has 1 amide bonds. The van der Waals surface area contributed by atoms with E-state index in [1.165, 1.54) is 6.08 Å². The van der Waals surface area contributed by atoms with Crippen LogP contribution in [0.4, 0.5) is 22.4 Å². The average molecular weight is 588 g/mol. The van der Waals surface area contributed by atoms with Gasteiger partial charge in [-0.1, -0.05) is 35.4 Å². The zero-order valence-electron chi connectivity index (χ0n) is 20.6. The van der Waals surface area contributed by atoms with Gasteiger partial charge in [0.05, 0.1) is 22.7 Å². The predicted octanol–water partition coefficient (Wildman–Crippen LogP) is 6.60. The second-order valence-corrected chi connectivity index (χ2v) is 9.89. The van der Waals surface area contributed by atoms with Gasteiger partial charge in [0, 0.05) is 49.9 Å². The van der Waals surface area contributed by atoms with Crippen molar-refractivity contribution in [2.24, 2.45) is 0 Å². The first-order chi connectivity index (χ1) is 19.2. The first-order valence-corrected chi connectivity index (χ1v) is 12.8. The Balaban J connectivity index is 1.41. The normalized spacial score (nSPS) is 13.5. The summed E-state index contributed by atoms with van der Waals surface area (Å²) in [5.74, 6) is -6.47. The number of nitrogens with zero attached hydrogens (tertiary/aromatic N) is 4. The van der Waals surface area contributed by atoms with Crippen molar-refractivity contribution in [3.8, 4) is 6.07 Å². The number of nitriles is 1.